The van der Waals surface area contributed by atoms with Gasteiger partial charge >= 0.3 is 0 Å². The molecule has 1 N–H and O–H groups in total. The number of fused-ring (bicyclic) bond motifs is 1. The van der Waals surface area contributed by atoms with Gasteiger partial charge in [0.1, 0.15) is 17.4 Å². The molecule has 2 heterocycles. The highest BCUT2D eigenvalue weighted by atomic mass is 32.2. The largest absolute Gasteiger partial charge is 0.316 e. The number of nitrogens with one attached hydrogen (secondary N) is 1. The summed E-state index contributed by atoms with van der Waals surface area (Å²) in [6, 6.07) is 12.0. The summed E-state index contributed by atoms with van der Waals surface area (Å²) >= 11 is 2.85. The lowest BCUT2D eigenvalue weighted by Gasteiger charge is -2.06. The molecule has 1 aromatic carbocycles. The molecule has 0 saturated heterocycles. The van der Waals surface area contributed by atoms with Crippen molar-refractivity contribution in [2.24, 2.45) is 0 Å². The minimum atomic E-state index is -0.144. The molecule has 0 saturated carbocycles. The number of nitrogens with zero attached hydrogens (tertiary/aromatic N) is 4. The first-order valence-corrected chi connectivity index (χ1v) is 9.99. The molecule has 0 aliphatic heterocycles. The maximum Gasteiger partial charge on any atom is 0.235 e. The number of carbonyl (C=O) groups is 1. The zero-order valence-corrected chi connectivity index (χ0v) is 15.4. The van der Waals surface area contributed by atoms with Gasteiger partial charge in [-0.2, -0.15) is 5.26 Å². The number of anilines is 1. The van der Waals surface area contributed by atoms with Crippen LogP contribution in [0.5, 0.6) is 0 Å². The summed E-state index contributed by atoms with van der Waals surface area (Å²) in [5.41, 5.74) is 2.69. The van der Waals surface area contributed by atoms with Gasteiger partial charge < -0.3 is 5.32 Å². The predicted molar refractivity (Wildman–Crippen MR) is 102 cm³/mol. The molecule has 2 aromatic heterocycles. The van der Waals surface area contributed by atoms with Crippen LogP contribution in [0.15, 0.2) is 41.8 Å². The van der Waals surface area contributed by atoms with Gasteiger partial charge in [-0.1, -0.05) is 30.0 Å². The Bertz CT molecular complexity index is 987. The Labute approximate surface area is 158 Å². The van der Waals surface area contributed by atoms with E-state index in [4.69, 9.17) is 0 Å². The van der Waals surface area contributed by atoms with Crippen molar-refractivity contribution in [1.82, 2.24) is 14.8 Å². The Morgan fingerprint density at radius 1 is 1.35 bits per heavy atom. The molecule has 0 bridgehead atoms. The average molecular weight is 381 g/mol. The van der Waals surface area contributed by atoms with Gasteiger partial charge in [0.25, 0.3) is 0 Å². The Kier molecular flexibility index (Phi) is 4.73. The Hall–Kier alpha value is -2.63. The van der Waals surface area contributed by atoms with Crippen LogP contribution in [-0.2, 0) is 17.6 Å². The summed E-state index contributed by atoms with van der Waals surface area (Å²) in [5.74, 6) is 0.0629. The smallest absolute Gasteiger partial charge is 0.235 e. The van der Waals surface area contributed by atoms with Crippen molar-refractivity contribution < 1.29 is 4.79 Å². The van der Waals surface area contributed by atoms with Crippen molar-refractivity contribution >= 4 is 34.0 Å². The number of benzene rings is 1. The number of hydrogen-bond donors (Lipinski definition) is 1. The number of amides is 1. The molecule has 26 heavy (non-hydrogen) atoms. The SMILES string of the molecule is N#Cc1c(NC(=O)CSc2nncn2-c2ccccc2)sc2c1CCC2. The number of carbonyl (C=O) groups excluding carboxylic acids is 1. The monoisotopic (exact) mass is 381 g/mol. The third-order valence-electron chi connectivity index (χ3n) is 4.17. The molecular formula is C18H15N5OS2. The summed E-state index contributed by atoms with van der Waals surface area (Å²) in [6.07, 6.45) is 4.65. The van der Waals surface area contributed by atoms with E-state index in [1.807, 2.05) is 34.9 Å². The summed E-state index contributed by atoms with van der Waals surface area (Å²) in [7, 11) is 0. The van der Waals surface area contributed by atoms with Crippen LogP contribution in [0.4, 0.5) is 5.00 Å². The van der Waals surface area contributed by atoms with Crippen molar-refractivity contribution in [1.29, 1.82) is 5.26 Å². The molecule has 8 heteroatoms. The topological polar surface area (TPSA) is 83.6 Å². The first-order chi connectivity index (χ1) is 12.8. The second kappa shape index (κ2) is 7.32. The lowest BCUT2D eigenvalue weighted by atomic mass is 10.1. The van der Waals surface area contributed by atoms with Crippen molar-refractivity contribution in [3.63, 3.8) is 0 Å². The van der Waals surface area contributed by atoms with Crippen LogP contribution >= 0.6 is 23.1 Å². The molecule has 1 aliphatic rings. The number of aryl methyl sites for hydroxylation is 1. The fraction of sp³-hybridized carbons (Fsp3) is 0.222. The molecule has 0 radical (unpaired) electrons. The summed E-state index contributed by atoms with van der Waals surface area (Å²) in [4.78, 5) is 13.6. The first kappa shape index (κ1) is 16.8. The third kappa shape index (κ3) is 3.23. The van der Waals surface area contributed by atoms with Gasteiger partial charge in [0, 0.05) is 10.6 Å². The van der Waals surface area contributed by atoms with Gasteiger partial charge in [-0.05, 0) is 37.0 Å². The van der Waals surface area contributed by atoms with Crippen molar-refractivity contribution in [2.45, 2.75) is 24.4 Å². The summed E-state index contributed by atoms with van der Waals surface area (Å²) in [6.45, 7) is 0. The lowest BCUT2D eigenvalue weighted by Crippen LogP contribution is -2.14. The highest BCUT2D eigenvalue weighted by Gasteiger charge is 2.23. The van der Waals surface area contributed by atoms with Gasteiger partial charge in [0.05, 0.1) is 11.3 Å². The molecule has 6 nitrogen and oxygen atoms in total. The van der Waals surface area contributed by atoms with Crippen LogP contribution in [0.1, 0.15) is 22.4 Å². The Morgan fingerprint density at radius 2 is 2.19 bits per heavy atom. The third-order valence-corrected chi connectivity index (χ3v) is 6.32. The van der Waals surface area contributed by atoms with E-state index in [0.717, 1.165) is 30.5 Å². The molecule has 0 unspecified atom stereocenters. The van der Waals surface area contributed by atoms with Gasteiger partial charge in [-0.25, -0.2) is 0 Å². The number of hydrogen-bond acceptors (Lipinski definition) is 6. The zero-order chi connectivity index (χ0) is 17.9. The van der Waals surface area contributed by atoms with Crippen LogP contribution < -0.4 is 5.32 Å². The van der Waals surface area contributed by atoms with E-state index >= 15 is 0 Å². The highest BCUT2D eigenvalue weighted by Crippen LogP contribution is 2.38. The van der Waals surface area contributed by atoms with E-state index in [-0.39, 0.29) is 11.7 Å². The van der Waals surface area contributed by atoms with Crippen LogP contribution in [0.2, 0.25) is 0 Å². The molecule has 4 rings (SSSR count). The summed E-state index contributed by atoms with van der Waals surface area (Å²) < 4.78 is 1.85. The second-order valence-corrected chi connectivity index (χ2v) is 7.88. The average Bonchev–Trinajstić information content (AvgIpc) is 3.36. The molecule has 3 aromatic rings. The molecule has 0 spiro atoms. The number of rotatable bonds is 5. The normalized spacial score (nSPS) is 12.6. The van der Waals surface area contributed by atoms with Crippen molar-refractivity contribution in [3.05, 3.63) is 52.7 Å². The number of thiophene rings is 1. The van der Waals surface area contributed by atoms with E-state index in [1.165, 1.54) is 28.0 Å². The Morgan fingerprint density at radius 3 is 3.00 bits per heavy atom. The second-order valence-electron chi connectivity index (χ2n) is 5.83. The maximum absolute atomic E-state index is 12.4. The quantitative estimate of drug-likeness (QED) is 0.685. The molecule has 0 fully saturated rings. The molecule has 0 atom stereocenters. The van der Waals surface area contributed by atoms with Gasteiger partial charge in [0.15, 0.2) is 5.16 Å². The first-order valence-electron chi connectivity index (χ1n) is 8.19. The minimum absolute atomic E-state index is 0.144. The minimum Gasteiger partial charge on any atom is -0.316 e. The van der Waals surface area contributed by atoms with E-state index in [2.05, 4.69) is 21.6 Å². The van der Waals surface area contributed by atoms with Crippen molar-refractivity contribution in [3.8, 4) is 11.8 Å². The van der Waals surface area contributed by atoms with E-state index in [0.29, 0.717) is 15.7 Å². The van der Waals surface area contributed by atoms with Crippen molar-refractivity contribution in [2.75, 3.05) is 11.1 Å². The van der Waals surface area contributed by atoms with Gasteiger partial charge in [-0.3, -0.25) is 9.36 Å². The van der Waals surface area contributed by atoms with Gasteiger partial charge in [-0.15, -0.1) is 21.5 Å². The lowest BCUT2D eigenvalue weighted by molar-refractivity contribution is -0.113. The van der Waals surface area contributed by atoms with E-state index < -0.39 is 0 Å². The van der Waals surface area contributed by atoms with Crippen LogP contribution in [0.25, 0.3) is 5.69 Å². The summed E-state index contributed by atoms with van der Waals surface area (Å²) in [5, 5.41) is 21.7. The number of nitriles is 1. The molecule has 130 valence electrons. The maximum atomic E-state index is 12.4. The number of thioether (sulfide) groups is 1. The van der Waals surface area contributed by atoms with E-state index in [9.17, 15) is 10.1 Å². The predicted octanol–water partition coefficient (Wildman–Crippen LogP) is 3.42. The van der Waals surface area contributed by atoms with Crippen LogP contribution in [-0.4, -0.2) is 26.4 Å². The number of aromatic nitrogens is 3. The Balaban J connectivity index is 1.43. The van der Waals surface area contributed by atoms with Crippen LogP contribution in [0.3, 0.4) is 0 Å². The molecule has 1 amide bonds. The van der Waals surface area contributed by atoms with Gasteiger partial charge in [0.2, 0.25) is 5.91 Å². The van der Waals surface area contributed by atoms with Crippen LogP contribution in [0, 0.1) is 11.3 Å². The van der Waals surface area contributed by atoms with E-state index in [1.54, 1.807) is 6.33 Å². The fourth-order valence-electron chi connectivity index (χ4n) is 2.99. The highest BCUT2D eigenvalue weighted by molar-refractivity contribution is 7.99. The fourth-order valence-corrected chi connectivity index (χ4v) is 4.98. The molecule has 1 aliphatic carbocycles. The standard InChI is InChI=1S/C18H15N5OS2/c19-9-14-13-7-4-8-15(13)26-17(14)21-16(24)10-25-18-22-20-11-23(18)12-5-2-1-3-6-12/h1-3,5-6,11H,4,7-8,10H2,(H,21,24). The zero-order valence-electron chi connectivity index (χ0n) is 13.8. The number of para-hydroxylation sites is 1. The molecular weight excluding hydrogens is 366 g/mol.